The van der Waals surface area contributed by atoms with Gasteiger partial charge >= 0.3 is 5.97 Å². The Morgan fingerprint density at radius 2 is 2.07 bits per heavy atom. The van der Waals surface area contributed by atoms with E-state index in [4.69, 9.17) is 0 Å². The summed E-state index contributed by atoms with van der Waals surface area (Å²) in [5.74, 6) is -1.58. The van der Waals surface area contributed by atoms with Crippen molar-refractivity contribution in [3.8, 4) is 0 Å². The van der Waals surface area contributed by atoms with Crippen LogP contribution in [0.5, 0.6) is 0 Å². The first-order valence-electron chi connectivity index (χ1n) is 8.83. The van der Waals surface area contributed by atoms with Crippen LogP contribution in [0.25, 0.3) is 0 Å². The number of aromatic nitrogens is 1. The minimum absolute atomic E-state index is 0.0479. The molecule has 2 amide bonds. The Morgan fingerprint density at radius 3 is 2.79 bits per heavy atom. The van der Waals surface area contributed by atoms with Crippen molar-refractivity contribution in [1.82, 2.24) is 9.88 Å². The molecule has 7 nitrogen and oxygen atoms in total. The Balaban J connectivity index is 1.59. The predicted molar refractivity (Wildman–Crippen MR) is 101 cm³/mol. The van der Waals surface area contributed by atoms with Crippen LogP contribution in [-0.2, 0) is 20.7 Å². The molecule has 0 bridgehead atoms. The number of hydrogen-bond donors (Lipinski definition) is 1. The lowest BCUT2D eigenvalue weighted by atomic mass is 9.96. The SMILES string of the molecule is COC(=O)Cc1csc(NC(=O)C2CCCN(C(=O)c3ccc(F)cc3)C2)n1. The molecule has 1 aromatic carbocycles. The lowest BCUT2D eigenvalue weighted by Crippen LogP contribution is -2.43. The summed E-state index contributed by atoms with van der Waals surface area (Å²) in [7, 11) is 1.31. The number of nitrogens with one attached hydrogen (secondary N) is 1. The van der Waals surface area contributed by atoms with E-state index < -0.39 is 11.8 Å². The number of anilines is 1. The first-order valence-corrected chi connectivity index (χ1v) is 9.71. The molecule has 0 spiro atoms. The predicted octanol–water partition coefficient (Wildman–Crippen LogP) is 2.49. The number of carbonyl (C=O) groups excluding carboxylic acids is 3. The number of methoxy groups -OCH3 is 1. The molecule has 28 heavy (non-hydrogen) atoms. The highest BCUT2D eigenvalue weighted by molar-refractivity contribution is 7.13. The van der Waals surface area contributed by atoms with E-state index in [0.717, 1.165) is 0 Å². The summed E-state index contributed by atoms with van der Waals surface area (Å²) in [6.45, 7) is 0.850. The Kier molecular flexibility index (Phi) is 6.35. The fourth-order valence-corrected chi connectivity index (χ4v) is 3.74. The number of piperidine rings is 1. The molecular weight excluding hydrogens is 385 g/mol. The van der Waals surface area contributed by atoms with Gasteiger partial charge in [-0.05, 0) is 37.1 Å². The van der Waals surface area contributed by atoms with Crippen LogP contribution in [0.2, 0.25) is 0 Å². The highest BCUT2D eigenvalue weighted by atomic mass is 32.1. The van der Waals surface area contributed by atoms with E-state index in [9.17, 15) is 18.8 Å². The molecule has 1 aliphatic rings. The zero-order chi connectivity index (χ0) is 20.1. The van der Waals surface area contributed by atoms with Crippen LogP contribution in [-0.4, -0.2) is 47.9 Å². The van der Waals surface area contributed by atoms with Gasteiger partial charge in [0.15, 0.2) is 5.13 Å². The van der Waals surface area contributed by atoms with Crippen LogP contribution >= 0.6 is 11.3 Å². The minimum atomic E-state index is -0.400. The topological polar surface area (TPSA) is 88.6 Å². The molecule has 1 aliphatic heterocycles. The van der Waals surface area contributed by atoms with E-state index in [2.05, 4.69) is 15.0 Å². The fourth-order valence-electron chi connectivity index (χ4n) is 3.02. The summed E-state index contributed by atoms with van der Waals surface area (Å²) in [5.41, 5.74) is 0.929. The number of thiazole rings is 1. The number of amides is 2. The van der Waals surface area contributed by atoms with Crippen LogP contribution in [0.1, 0.15) is 28.9 Å². The number of ether oxygens (including phenoxy) is 1. The molecule has 9 heteroatoms. The van der Waals surface area contributed by atoms with Crippen LogP contribution in [0.4, 0.5) is 9.52 Å². The van der Waals surface area contributed by atoms with Gasteiger partial charge in [0.2, 0.25) is 5.91 Å². The maximum atomic E-state index is 13.1. The van der Waals surface area contributed by atoms with Gasteiger partial charge in [-0.25, -0.2) is 9.37 Å². The van der Waals surface area contributed by atoms with Gasteiger partial charge in [-0.2, -0.15) is 0 Å². The third-order valence-corrected chi connectivity index (χ3v) is 5.31. The average molecular weight is 405 g/mol. The van der Waals surface area contributed by atoms with E-state index in [-0.39, 0.29) is 24.2 Å². The molecule has 3 rings (SSSR count). The molecule has 1 aromatic heterocycles. The monoisotopic (exact) mass is 405 g/mol. The molecule has 148 valence electrons. The summed E-state index contributed by atoms with van der Waals surface area (Å²) in [6, 6.07) is 5.38. The Hall–Kier alpha value is -2.81. The number of nitrogens with zero attached hydrogens (tertiary/aromatic N) is 2. The molecule has 1 atom stereocenters. The number of esters is 1. The summed E-state index contributed by atoms with van der Waals surface area (Å²) in [5, 5.41) is 4.86. The Bertz CT molecular complexity index is 868. The van der Waals surface area contributed by atoms with Gasteiger partial charge in [0.25, 0.3) is 5.91 Å². The van der Waals surface area contributed by atoms with Gasteiger partial charge < -0.3 is 15.0 Å². The van der Waals surface area contributed by atoms with Gasteiger partial charge in [-0.15, -0.1) is 11.3 Å². The third-order valence-electron chi connectivity index (χ3n) is 4.51. The largest absolute Gasteiger partial charge is 0.469 e. The van der Waals surface area contributed by atoms with Crippen molar-refractivity contribution in [2.45, 2.75) is 19.3 Å². The molecule has 0 aliphatic carbocycles. The second kappa shape index (κ2) is 8.92. The van der Waals surface area contributed by atoms with Crippen molar-refractivity contribution in [3.63, 3.8) is 0 Å². The first kappa shape index (κ1) is 19.9. The number of likely N-dealkylation sites (tertiary alicyclic amines) is 1. The fraction of sp³-hybridized carbons (Fsp3) is 0.368. The molecule has 2 heterocycles. The Labute approximate surface area is 165 Å². The standard InChI is InChI=1S/C19H20FN3O4S/c1-27-16(24)9-15-11-28-19(21-15)22-17(25)13-3-2-8-23(10-13)18(26)12-4-6-14(20)7-5-12/h4-7,11,13H,2-3,8-10H2,1H3,(H,21,22,25). The zero-order valence-corrected chi connectivity index (χ0v) is 16.1. The second-order valence-corrected chi connectivity index (χ2v) is 7.34. The third kappa shape index (κ3) is 4.92. The maximum Gasteiger partial charge on any atom is 0.311 e. The lowest BCUT2D eigenvalue weighted by Gasteiger charge is -2.32. The summed E-state index contributed by atoms with van der Waals surface area (Å²) in [4.78, 5) is 42.3. The van der Waals surface area contributed by atoms with Gasteiger partial charge in [0.1, 0.15) is 5.82 Å². The van der Waals surface area contributed by atoms with Crippen LogP contribution in [0.15, 0.2) is 29.6 Å². The van der Waals surface area contributed by atoms with Gasteiger partial charge in [-0.3, -0.25) is 14.4 Å². The molecule has 1 fully saturated rings. The smallest absolute Gasteiger partial charge is 0.311 e. The van der Waals surface area contributed by atoms with Crippen LogP contribution in [0, 0.1) is 11.7 Å². The molecule has 0 saturated carbocycles. The lowest BCUT2D eigenvalue weighted by molar-refractivity contribution is -0.139. The molecule has 1 N–H and O–H groups in total. The summed E-state index contributed by atoms with van der Waals surface area (Å²) >= 11 is 1.23. The van der Waals surface area contributed by atoms with Gasteiger partial charge in [0, 0.05) is 24.0 Å². The number of benzene rings is 1. The van der Waals surface area contributed by atoms with Crippen LogP contribution < -0.4 is 5.32 Å². The number of halogens is 1. The van der Waals surface area contributed by atoms with Crippen molar-refractivity contribution in [3.05, 3.63) is 46.7 Å². The number of hydrogen-bond acceptors (Lipinski definition) is 6. The highest BCUT2D eigenvalue weighted by Gasteiger charge is 2.29. The normalized spacial score (nSPS) is 16.5. The van der Waals surface area contributed by atoms with E-state index in [1.165, 1.54) is 42.7 Å². The molecule has 1 unspecified atom stereocenters. The first-order chi connectivity index (χ1) is 13.5. The molecule has 1 saturated heterocycles. The quantitative estimate of drug-likeness (QED) is 0.772. The summed E-state index contributed by atoms with van der Waals surface area (Å²) < 4.78 is 17.6. The van der Waals surface area contributed by atoms with Crippen molar-refractivity contribution >= 4 is 34.3 Å². The van der Waals surface area contributed by atoms with E-state index in [1.54, 1.807) is 10.3 Å². The van der Waals surface area contributed by atoms with Crippen molar-refractivity contribution in [2.75, 3.05) is 25.5 Å². The average Bonchev–Trinajstić information content (AvgIpc) is 3.14. The van der Waals surface area contributed by atoms with E-state index in [0.29, 0.717) is 42.3 Å². The van der Waals surface area contributed by atoms with E-state index >= 15 is 0 Å². The van der Waals surface area contributed by atoms with Crippen molar-refractivity contribution < 1.29 is 23.5 Å². The molecule has 2 aromatic rings. The highest BCUT2D eigenvalue weighted by Crippen LogP contribution is 2.22. The molecule has 0 radical (unpaired) electrons. The van der Waals surface area contributed by atoms with Crippen LogP contribution in [0.3, 0.4) is 0 Å². The summed E-state index contributed by atoms with van der Waals surface area (Å²) in [6.07, 6.45) is 1.42. The van der Waals surface area contributed by atoms with Crippen molar-refractivity contribution in [1.29, 1.82) is 0 Å². The van der Waals surface area contributed by atoms with Gasteiger partial charge in [0.05, 0.1) is 25.1 Å². The van der Waals surface area contributed by atoms with Crippen molar-refractivity contribution in [2.24, 2.45) is 5.92 Å². The van der Waals surface area contributed by atoms with Gasteiger partial charge in [-0.1, -0.05) is 0 Å². The number of carbonyl (C=O) groups is 3. The second-order valence-electron chi connectivity index (χ2n) is 6.48. The zero-order valence-electron chi connectivity index (χ0n) is 15.3. The minimum Gasteiger partial charge on any atom is -0.469 e. The maximum absolute atomic E-state index is 13.1. The Morgan fingerprint density at radius 1 is 1.32 bits per heavy atom. The molecular formula is C19H20FN3O4S. The van der Waals surface area contributed by atoms with E-state index in [1.807, 2.05) is 0 Å². The number of rotatable bonds is 5.